The van der Waals surface area contributed by atoms with Crippen LogP contribution in [0.2, 0.25) is 0 Å². The molecule has 17 heavy (non-hydrogen) atoms. The first-order chi connectivity index (χ1) is 7.65. The zero-order chi connectivity index (χ0) is 11.5. The van der Waals surface area contributed by atoms with E-state index in [4.69, 9.17) is 5.73 Å². The van der Waals surface area contributed by atoms with Crippen LogP contribution in [0.1, 0.15) is 51.9 Å². The van der Waals surface area contributed by atoms with Gasteiger partial charge in [0.25, 0.3) is 0 Å². The lowest BCUT2D eigenvalue weighted by Gasteiger charge is -2.27. The van der Waals surface area contributed by atoms with E-state index in [1.54, 1.807) is 0 Å². The van der Waals surface area contributed by atoms with Crippen molar-refractivity contribution < 1.29 is 4.79 Å². The van der Waals surface area contributed by atoms with Gasteiger partial charge in [0.15, 0.2) is 0 Å². The first kappa shape index (κ1) is 14.8. The van der Waals surface area contributed by atoms with Gasteiger partial charge < -0.3 is 11.1 Å². The molecule has 2 atom stereocenters. The number of hydrogen-bond donors (Lipinski definition) is 2. The van der Waals surface area contributed by atoms with Gasteiger partial charge in [-0.3, -0.25) is 4.79 Å². The van der Waals surface area contributed by atoms with E-state index in [0.717, 1.165) is 38.0 Å². The smallest absolute Gasteiger partial charge is 0.223 e. The monoisotopic (exact) mass is 260 g/mol. The Bertz CT molecular complexity index is 252. The third kappa shape index (κ3) is 4.14. The summed E-state index contributed by atoms with van der Waals surface area (Å²) in [5, 5.41) is 3.21. The minimum Gasteiger partial charge on any atom is -0.353 e. The van der Waals surface area contributed by atoms with E-state index < -0.39 is 0 Å². The molecular formula is C13H25ClN2O. The van der Waals surface area contributed by atoms with E-state index in [2.05, 4.69) is 12.2 Å². The Hall–Kier alpha value is -0.280. The molecule has 0 radical (unpaired) electrons. The maximum Gasteiger partial charge on any atom is 0.223 e. The number of carbonyl (C=O) groups excluding carboxylic acids is 1. The predicted octanol–water partition coefficient (Wildman–Crippen LogP) is 2.23. The van der Waals surface area contributed by atoms with Crippen LogP contribution in [0, 0.1) is 11.8 Å². The lowest BCUT2D eigenvalue weighted by Crippen LogP contribution is -2.40. The maximum absolute atomic E-state index is 12.0. The highest BCUT2D eigenvalue weighted by Crippen LogP contribution is 2.27. The molecule has 2 unspecified atom stereocenters. The fourth-order valence-corrected chi connectivity index (χ4v) is 2.98. The topological polar surface area (TPSA) is 55.1 Å². The summed E-state index contributed by atoms with van der Waals surface area (Å²) >= 11 is 0. The largest absolute Gasteiger partial charge is 0.353 e. The number of amides is 1. The van der Waals surface area contributed by atoms with Crippen LogP contribution in [0.3, 0.4) is 0 Å². The van der Waals surface area contributed by atoms with Gasteiger partial charge in [0.05, 0.1) is 0 Å². The average Bonchev–Trinajstić information content (AvgIpc) is 2.68. The van der Waals surface area contributed by atoms with Crippen molar-refractivity contribution in [3.63, 3.8) is 0 Å². The van der Waals surface area contributed by atoms with Crippen molar-refractivity contribution in [2.75, 3.05) is 0 Å². The van der Waals surface area contributed by atoms with Crippen molar-refractivity contribution in [2.24, 2.45) is 17.6 Å². The molecule has 100 valence electrons. The fraction of sp³-hybridized carbons (Fsp3) is 0.923. The Kier molecular flexibility index (Phi) is 5.74. The van der Waals surface area contributed by atoms with Crippen molar-refractivity contribution >= 4 is 18.3 Å². The van der Waals surface area contributed by atoms with Crippen molar-refractivity contribution in [3.05, 3.63) is 0 Å². The number of carbonyl (C=O) groups is 1. The van der Waals surface area contributed by atoms with Gasteiger partial charge in [-0.2, -0.15) is 0 Å². The van der Waals surface area contributed by atoms with E-state index >= 15 is 0 Å². The van der Waals surface area contributed by atoms with Crippen LogP contribution in [-0.4, -0.2) is 18.0 Å². The van der Waals surface area contributed by atoms with Gasteiger partial charge in [0.1, 0.15) is 0 Å². The third-order valence-electron chi connectivity index (χ3n) is 4.21. The number of rotatable bonds is 2. The lowest BCUT2D eigenvalue weighted by molar-refractivity contribution is -0.125. The van der Waals surface area contributed by atoms with Crippen molar-refractivity contribution in [3.8, 4) is 0 Å². The highest BCUT2D eigenvalue weighted by atomic mass is 35.5. The zero-order valence-corrected chi connectivity index (χ0v) is 11.5. The van der Waals surface area contributed by atoms with Crippen LogP contribution >= 0.6 is 12.4 Å². The van der Waals surface area contributed by atoms with E-state index in [-0.39, 0.29) is 30.3 Å². The van der Waals surface area contributed by atoms with Gasteiger partial charge in [-0.25, -0.2) is 0 Å². The van der Waals surface area contributed by atoms with Gasteiger partial charge in [-0.1, -0.05) is 6.92 Å². The Morgan fingerprint density at radius 2 is 1.76 bits per heavy atom. The van der Waals surface area contributed by atoms with Crippen LogP contribution in [0.25, 0.3) is 0 Å². The summed E-state index contributed by atoms with van der Waals surface area (Å²) in [5.41, 5.74) is 5.83. The van der Waals surface area contributed by atoms with E-state index in [1.807, 2.05) is 0 Å². The molecule has 0 aromatic heterocycles. The molecule has 0 bridgehead atoms. The molecule has 0 heterocycles. The Morgan fingerprint density at radius 3 is 2.29 bits per heavy atom. The molecule has 2 aliphatic rings. The van der Waals surface area contributed by atoms with Crippen molar-refractivity contribution in [1.82, 2.24) is 5.32 Å². The number of hydrogen-bond acceptors (Lipinski definition) is 2. The SMILES string of the molecule is CC1CCC(NC(=O)C2CCC(N)C2)CC1.Cl. The molecule has 2 rings (SSSR count). The average molecular weight is 261 g/mol. The predicted molar refractivity (Wildman–Crippen MR) is 72.1 cm³/mol. The second-order valence-corrected chi connectivity index (χ2v) is 5.74. The van der Waals surface area contributed by atoms with Crippen molar-refractivity contribution in [2.45, 2.75) is 64.0 Å². The summed E-state index contributed by atoms with van der Waals surface area (Å²) < 4.78 is 0. The van der Waals surface area contributed by atoms with Crippen molar-refractivity contribution in [1.29, 1.82) is 0 Å². The molecule has 2 saturated carbocycles. The standard InChI is InChI=1S/C13H24N2O.ClH/c1-9-2-6-12(7-3-9)15-13(16)10-4-5-11(14)8-10;/h9-12H,2-8,14H2,1H3,(H,15,16);1H. The molecule has 2 aliphatic carbocycles. The molecule has 0 saturated heterocycles. The number of nitrogens with two attached hydrogens (primary N) is 1. The lowest BCUT2D eigenvalue weighted by atomic mass is 9.87. The maximum atomic E-state index is 12.0. The second kappa shape index (κ2) is 6.60. The summed E-state index contributed by atoms with van der Waals surface area (Å²) in [4.78, 5) is 12.0. The van der Waals surface area contributed by atoms with Crippen LogP contribution in [-0.2, 0) is 4.79 Å². The molecule has 0 aromatic carbocycles. The van der Waals surface area contributed by atoms with E-state index in [9.17, 15) is 4.79 Å². The minimum atomic E-state index is 0. The van der Waals surface area contributed by atoms with Gasteiger partial charge in [0.2, 0.25) is 5.91 Å². The molecule has 0 aromatic rings. The van der Waals surface area contributed by atoms with Crippen LogP contribution in [0.4, 0.5) is 0 Å². The highest BCUT2D eigenvalue weighted by Gasteiger charge is 2.29. The molecule has 0 aliphatic heterocycles. The van der Waals surface area contributed by atoms with Crippen LogP contribution in [0.15, 0.2) is 0 Å². The number of nitrogens with one attached hydrogen (secondary N) is 1. The first-order valence-electron chi connectivity index (χ1n) is 6.71. The first-order valence-corrected chi connectivity index (χ1v) is 6.71. The second-order valence-electron chi connectivity index (χ2n) is 5.74. The molecular weight excluding hydrogens is 236 g/mol. The summed E-state index contributed by atoms with van der Waals surface area (Å²) in [5.74, 6) is 1.29. The van der Waals surface area contributed by atoms with Gasteiger partial charge in [-0.15, -0.1) is 12.4 Å². The summed E-state index contributed by atoms with van der Waals surface area (Å²) in [6.07, 6.45) is 7.71. The fourth-order valence-electron chi connectivity index (χ4n) is 2.98. The normalized spacial score (nSPS) is 37.3. The van der Waals surface area contributed by atoms with Crippen LogP contribution in [0.5, 0.6) is 0 Å². The van der Waals surface area contributed by atoms with Gasteiger partial charge >= 0.3 is 0 Å². The molecule has 0 spiro atoms. The van der Waals surface area contributed by atoms with Gasteiger partial charge in [0, 0.05) is 18.0 Å². The Morgan fingerprint density at radius 1 is 1.12 bits per heavy atom. The molecule has 2 fully saturated rings. The zero-order valence-electron chi connectivity index (χ0n) is 10.7. The molecule has 3 nitrogen and oxygen atoms in total. The minimum absolute atomic E-state index is 0. The summed E-state index contributed by atoms with van der Waals surface area (Å²) in [7, 11) is 0. The van der Waals surface area contributed by atoms with E-state index in [1.165, 1.54) is 12.8 Å². The molecule has 1 amide bonds. The Labute approximate surface area is 110 Å². The molecule has 3 N–H and O–H groups in total. The molecule has 4 heteroatoms. The highest BCUT2D eigenvalue weighted by molar-refractivity contribution is 5.85. The third-order valence-corrected chi connectivity index (χ3v) is 4.21. The van der Waals surface area contributed by atoms with E-state index in [0.29, 0.717) is 6.04 Å². The van der Waals surface area contributed by atoms with Crippen LogP contribution < -0.4 is 11.1 Å². The summed E-state index contributed by atoms with van der Waals surface area (Å²) in [6, 6.07) is 0.683. The Balaban J connectivity index is 0.00000144. The quantitative estimate of drug-likeness (QED) is 0.800. The summed E-state index contributed by atoms with van der Waals surface area (Å²) in [6.45, 7) is 2.30. The number of halogens is 1. The van der Waals surface area contributed by atoms with Gasteiger partial charge in [-0.05, 0) is 50.9 Å².